The van der Waals surface area contributed by atoms with Gasteiger partial charge in [0.2, 0.25) is 17.7 Å². The van der Waals surface area contributed by atoms with Crippen molar-refractivity contribution in [2.75, 3.05) is 152 Å². The molecule has 9 saturated heterocycles. The fraction of sp³-hybridized carbons (Fsp3) is 0.936. The molecule has 34 N–H and O–H groups in total. The lowest BCUT2D eigenvalue weighted by Crippen LogP contribution is -2.65. The first-order chi connectivity index (χ1) is 65.2. The predicted octanol–water partition coefficient (Wildman–Crippen LogP) is -21.6. The fourth-order valence-corrected chi connectivity index (χ4v) is 15.7. The van der Waals surface area contributed by atoms with E-state index in [9.17, 15) is 173 Å². The smallest absolute Gasteiger partial charge is 0.222 e. The average molecular weight is 2010 g/mol. The minimum atomic E-state index is -2.06. The lowest BCUT2D eigenvalue weighted by molar-refractivity contribution is -0.366. The van der Waals surface area contributed by atoms with E-state index >= 15 is 0 Å². The highest BCUT2D eigenvalue weighted by Gasteiger charge is 2.58. The number of amides is 3. The predicted molar refractivity (Wildman–Crippen MR) is 430 cm³/mol. The van der Waals surface area contributed by atoms with Gasteiger partial charge in [-0.25, -0.2) is 0 Å². The van der Waals surface area contributed by atoms with Gasteiger partial charge in [0.25, 0.3) is 0 Å². The van der Waals surface area contributed by atoms with Crippen molar-refractivity contribution in [2.24, 2.45) is 5.41 Å². The van der Waals surface area contributed by atoms with E-state index in [1.54, 1.807) is 0 Å². The van der Waals surface area contributed by atoms with E-state index in [0.717, 1.165) is 0 Å². The monoisotopic (exact) mass is 2010 g/mol. The number of aliphatic hydroxyl groups is 31. The van der Waals surface area contributed by atoms with Gasteiger partial charge in [-0.2, -0.15) is 0 Å². The van der Waals surface area contributed by atoms with Crippen LogP contribution in [0.2, 0.25) is 0 Å². The Hall–Kier alpha value is -4.13. The quantitative estimate of drug-likeness (QED) is 0.0199. The molecule has 0 aromatic heterocycles. The van der Waals surface area contributed by atoms with E-state index in [1.807, 2.05) is 0 Å². The van der Waals surface area contributed by atoms with Gasteiger partial charge >= 0.3 is 0 Å². The number of carbonyl (C=O) groups excluding carboxylic acids is 3. The van der Waals surface area contributed by atoms with Gasteiger partial charge in [-0.05, 0) is 0 Å². The van der Waals surface area contributed by atoms with Crippen LogP contribution < -0.4 is 16.0 Å². The van der Waals surface area contributed by atoms with E-state index in [-0.39, 0.29) is 64.8 Å². The zero-order chi connectivity index (χ0) is 101. The second kappa shape index (κ2) is 56.0. The molecule has 9 fully saturated rings. The van der Waals surface area contributed by atoms with Crippen molar-refractivity contribution in [3.05, 3.63) is 12.3 Å². The summed E-state index contributed by atoms with van der Waals surface area (Å²) in [5.74, 6) is -2.38. The van der Waals surface area contributed by atoms with Crippen molar-refractivity contribution in [3.63, 3.8) is 0 Å². The summed E-state index contributed by atoms with van der Waals surface area (Å²) in [5.41, 5.74) is -1.46. The maximum Gasteiger partial charge on any atom is 0.222 e. The lowest BCUT2D eigenvalue weighted by atomic mass is 9.92. The van der Waals surface area contributed by atoms with Gasteiger partial charge < -0.3 is 278 Å². The maximum absolute atomic E-state index is 13.5. The van der Waals surface area contributed by atoms with Gasteiger partial charge in [0.05, 0.1) is 143 Å². The molecule has 798 valence electrons. The Labute approximate surface area is 779 Å². The Morgan fingerprint density at radius 2 is 0.438 bits per heavy atom. The second-order valence-electron chi connectivity index (χ2n) is 34.0. The van der Waals surface area contributed by atoms with E-state index in [1.165, 1.54) is 0 Å². The number of rotatable bonds is 53. The zero-order valence-electron chi connectivity index (χ0n) is 73.8. The van der Waals surface area contributed by atoms with Gasteiger partial charge in [-0.3, -0.25) is 14.4 Å². The van der Waals surface area contributed by atoms with Gasteiger partial charge in [-0.1, -0.05) is 6.58 Å². The highest BCUT2D eigenvalue weighted by Crippen LogP contribution is 2.37. The van der Waals surface area contributed by atoms with Crippen LogP contribution in [-0.2, 0) is 119 Å². The molecule has 9 heterocycles. The van der Waals surface area contributed by atoms with Gasteiger partial charge in [-0.15, -0.1) is 0 Å². The Kier molecular flexibility index (Phi) is 47.6. The Morgan fingerprint density at radius 3 is 0.657 bits per heavy atom. The zero-order valence-corrected chi connectivity index (χ0v) is 73.8. The highest BCUT2D eigenvalue weighted by molar-refractivity contribution is 5.76. The summed E-state index contributed by atoms with van der Waals surface area (Å²) in [6.45, 7) is -9.62. The molecule has 59 nitrogen and oxygen atoms in total. The molecule has 0 aromatic carbocycles. The molecular weight excluding hydrogens is 1870 g/mol. The standard InChI is InChI=1S/C78H135N3O56/c1-29(88)2-9-116-25-78(26-117-10-3-39(89)79-6-13-120-72-63(113)66(135-75-60(110)54(104)45(95)33(19-85)129-75)48(98)36(132-72)22-123-69-57(107)51(101)42(92)30(16-82)126-69,27-118-11-4-40(90)80-7-14-121-73-64(114)67(136-76-61(111)55(105)46(96)34(20-86)130-76)49(99)37(133-73)23-124-70-58(108)52(102)43(93)31(17-83)127-70)28-119-12-5-41(91)81-8-15-122-74-65(115)68(137-77-62(112)56(106)47(97)35(21-87)131-77)50(100)38(134-74)24-125-71-59(109)53(103)44(94)32(18-84)128-71/h30-38,42-77,82-88,92-115H,1-28H2,(H,79,89)(H,80,90)(H,81,91). The number of hydrogen-bond acceptors (Lipinski definition) is 56. The van der Waals surface area contributed by atoms with Crippen molar-refractivity contribution in [2.45, 2.75) is 302 Å². The summed E-state index contributed by atoms with van der Waals surface area (Å²) in [7, 11) is 0. The van der Waals surface area contributed by atoms with Crippen LogP contribution in [0.3, 0.4) is 0 Å². The Balaban J connectivity index is 0.834. The Morgan fingerprint density at radius 1 is 0.241 bits per heavy atom. The van der Waals surface area contributed by atoms with Gasteiger partial charge in [0.15, 0.2) is 56.6 Å². The third-order valence-electron chi connectivity index (χ3n) is 23.9. The minimum absolute atomic E-state index is 0.100. The number of ether oxygens (including phenoxy) is 22. The molecule has 45 unspecified atom stereocenters. The average Bonchev–Trinajstić information content (AvgIpc) is 0.786. The SMILES string of the molecule is C=C(O)CCOCC(COCCC(=O)NCCOC1OC(COC2OC(CO)C(O)C(O)C2O)C(O)C(OC2OC(CO)C(O)C(O)C2O)C1O)(COCCC(=O)NCCOC1OC(COC2OC(CO)C(O)C(O)C2O)C(O)C(OC2OC(CO)C(O)C(O)C2O)C1O)COCCC(=O)NCCOC1OC(COC2OC(CO)C(O)C(O)C2O)C(O)C(OC2OC(CO)C(O)C(O)C2O)C1O. The molecule has 9 aliphatic rings. The van der Waals surface area contributed by atoms with Crippen LogP contribution in [0.15, 0.2) is 12.3 Å². The largest absolute Gasteiger partial charge is 0.513 e. The molecule has 0 aliphatic carbocycles. The van der Waals surface area contributed by atoms with Crippen LogP contribution in [-0.4, -0.2) is 604 Å². The molecule has 59 heteroatoms. The van der Waals surface area contributed by atoms with Crippen molar-refractivity contribution < 1.29 is 277 Å². The molecule has 0 aromatic rings. The van der Waals surface area contributed by atoms with Crippen molar-refractivity contribution >= 4 is 17.7 Å². The van der Waals surface area contributed by atoms with Crippen molar-refractivity contribution in [3.8, 4) is 0 Å². The molecule has 9 rings (SSSR count). The van der Waals surface area contributed by atoms with E-state index in [0.29, 0.717) is 0 Å². The number of carbonyl (C=O) groups is 3. The van der Waals surface area contributed by atoms with Crippen LogP contribution in [0.4, 0.5) is 0 Å². The number of hydrogen-bond donors (Lipinski definition) is 34. The van der Waals surface area contributed by atoms with Crippen LogP contribution in [0.1, 0.15) is 25.7 Å². The third-order valence-corrected chi connectivity index (χ3v) is 23.9. The highest BCUT2D eigenvalue weighted by atomic mass is 16.8. The summed E-state index contributed by atoms with van der Waals surface area (Å²) in [6.07, 6.45) is -84.2. The first-order valence-corrected chi connectivity index (χ1v) is 44.2. The third kappa shape index (κ3) is 31.0. The van der Waals surface area contributed by atoms with E-state index < -0.39 is 418 Å². The summed E-state index contributed by atoms with van der Waals surface area (Å²) >= 11 is 0. The van der Waals surface area contributed by atoms with Crippen LogP contribution in [0.25, 0.3) is 0 Å². The molecule has 45 atom stereocenters. The summed E-state index contributed by atoms with van der Waals surface area (Å²) < 4.78 is 125. The summed E-state index contributed by atoms with van der Waals surface area (Å²) in [5, 5.41) is 335. The molecule has 137 heavy (non-hydrogen) atoms. The summed E-state index contributed by atoms with van der Waals surface area (Å²) in [6, 6.07) is 0. The van der Waals surface area contributed by atoms with Crippen molar-refractivity contribution in [1.82, 2.24) is 16.0 Å². The lowest BCUT2D eigenvalue weighted by Gasteiger charge is -2.46. The van der Waals surface area contributed by atoms with Crippen LogP contribution >= 0.6 is 0 Å². The molecule has 0 radical (unpaired) electrons. The normalized spacial score (nSPS) is 42.7. The van der Waals surface area contributed by atoms with Crippen molar-refractivity contribution in [1.29, 1.82) is 0 Å². The van der Waals surface area contributed by atoms with E-state index in [2.05, 4.69) is 22.5 Å². The molecule has 0 spiro atoms. The number of aliphatic hydroxyl groups excluding tert-OH is 31. The molecule has 0 saturated carbocycles. The first kappa shape index (κ1) is 116. The van der Waals surface area contributed by atoms with Crippen LogP contribution in [0, 0.1) is 5.41 Å². The Bertz CT molecular complexity index is 3160. The maximum atomic E-state index is 13.5. The number of nitrogens with one attached hydrogen (secondary N) is 3. The summed E-state index contributed by atoms with van der Waals surface area (Å²) in [4.78, 5) is 40.5. The van der Waals surface area contributed by atoms with E-state index in [4.69, 9.17) is 104 Å². The van der Waals surface area contributed by atoms with Gasteiger partial charge in [0.1, 0.15) is 220 Å². The van der Waals surface area contributed by atoms with Gasteiger partial charge in [0, 0.05) is 45.3 Å². The molecular formula is C78H135N3O56. The first-order valence-electron chi connectivity index (χ1n) is 44.2. The second-order valence-corrected chi connectivity index (χ2v) is 34.0. The molecule has 9 aliphatic heterocycles. The minimum Gasteiger partial charge on any atom is -0.513 e. The van der Waals surface area contributed by atoms with Crippen LogP contribution in [0.5, 0.6) is 0 Å². The molecule has 3 amide bonds. The topological polar surface area (TPSA) is 917 Å². The fourth-order valence-electron chi connectivity index (χ4n) is 15.7. The molecule has 0 bridgehead atoms.